The fourth-order valence-corrected chi connectivity index (χ4v) is 2.97. The molecular weight excluding hydrogens is 252 g/mol. The molecule has 0 bridgehead atoms. The highest BCUT2D eigenvalue weighted by molar-refractivity contribution is 7.90. The molecule has 0 aliphatic carbocycles. The molecule has 2 rings (SSSR count). The second-order valence-electron chi connectivity index (χ2n) is 4.77. The van der Waals surface area contributed by atoms with Crippen molar-refractivity contribution < 1.29 is 18.3 Å². The van der Waals surface area contributed by atoms with Gasteiger partial charge in [-0.2, -0.15) is 0 Å². The largest absolute Gasteiger partial charge is 0.493 e. The highest BCUT2D eigenvalue weighted by atomic mass is 32.2. The van der Waals surface area contributed by atoms with Gasteiger partial charge in [-0.1, -0.05) is 18.2 Å². The van der Waals surface area contributed by atoms with Gasteiger partial charge in [-0.05, 0) is 24.5 Å². The van der Waals surface area contributed by atoms with E-state index in [0.29, 0.717) is 6.61 Å². The van der Waals surface area contributed by atoms with Crippen LogP contribution in [-0.4, -0.2) is 38.2 Å². The molecular formula is C13H18O4S. The maximum atomic E-state index is 11.1. The molecule has 0 radical (unpaired) electrons. The van der Waals surface area contributed by atoms with Gasteiger partial charge in [-0.25, -0.2) is 8.42 Å². The monoisotopic (exact) mass is 270 g/mol. The molecule has 0 saturated carbocycles. The van der Waals surface area contributed by atoms with Gasteiger partial charge < -0.3 is 9.84 Å². The summed E-state index contributed by atoms with van der Waals surface area (Å²) in [5, 5.41) is 10.2. The first-order valence-electron chi connectivity index (χ1n) is 6.05. The molecule has 1 N–H and O–H groups in total. The average Bonchev–Trinajstić information content (AvgIpc) is 2.34. The van der Waals surface area contributed by atoms with Crippen LogP contribution in [0.2, 0.25) is 0 Å². The molecule has 18 heavy (non-hydrogen) atoms. The van der Waals surface area contributed by atoms with Gasteiger partial charge in [-0.3, -0.25) is 0 Å². The molecule has 1 aliphatic rings. The van der Waals surface area contributed by atoms with E-state index < -0.39 is 15.9 Å². The highest BCUT2D eigenvalue weighted by Crippen LogP contribution is 2.36. The maximum absolute atomic E-state index is 11.1. The fourth-order valence-electron chi connectivity index (χ4n) is 2.31. The lowest BCUT2D eigenvalue weighted by Crippen LogP contribution is -2.26. The summed E-state index contributed by atoms with van der Waals surface area (Å²) >= 11 is 0. The van der Waals surface area contributed by atoms with Gasteiger partial charge in [0.2, 0.25) is 0 Å². The van der Waals surface area contributed by atoms with Crippen LogP contribution in [0.1, 0.15) is 24.3 Å². The topological polar surface area (TPSA) is 63.6 Å². The van der Waals surface area contributed by atoms with Crippen LogP contribution >= 0.6 is 0 Å². The zero-order valence-electron chi connectivity index (χ0n) is 10.4. The van der Waals surface area contributed by atoms with E-state index in [-0.39, 0.29) is 18.1 Å². The first-order valence-corrected chi connectivity index (χ1v) is 8.11. The lowest BCUT2D eigenvalue weighted by Gasteiger charge is -2.29. The molecule has 1 aromatic rings. The third-order valence-electron chi connectivity index (χ3n) is 3.25. The number of benzene rings is 1. The number of aliphatic hydroxyl groups is 1. The summed E-state index contributed by atoms with van der Waals surface area (Å²) in [5.41, 5.74) is 0.977. The zero-order valence-corrected chi connectivity index (χ0v) is 11.2. The molecule has 100 valence electrons. The Morgan fingerprint density at radius 1 is 1.44 bits per heavy atom. The van der Waals surface area contributed by atoms with Crippen molar-refractivity contribution in [2.75, 3.05) is 18.6 Å². The molecule has 0 fully saturated rings. The predicted octanol–water partition coefficient (Wildman–Crippen LogP) is 1.35. The highest BCUT2D eigenvalue weighted by Gasteiger charge is 2.27. The van der Waals surface area contributed by atoms with E-state index in [1.165, 1.54) is 6.26 Å². The van der Waals surface area contributed by atoms with Crippen molar-refractivity contribution in [1.82, 2.24) is 0 Å². The Bertz CT molecular complexity index is 509. The Hall–Kier alpha value is -1.07. The number of fused-ring (bicyclic) bond motifs is 1. The van der Waals surface area contributed by atoms with E-state index in [1.54, 1.807) is 0 Å². The quantitative estimate of drug-likeness (QED) is 0.897. The first-order chi connectivity index (χ1) is 8.47. The summed E-state index contributed by atoms with van der Waals surface area (Å²) in [7, 11) is -3.03. The second-order valence-corrected chi connectivity index (χ2v) is 7.03. The summed E-state index contributed by atoms with van der Waals surface area (Å²) in [5.74, 6) is 0.789. The fraction of sp³-hybridized carbons (Fsp3) is 0.538. The van der Waals surface area contributed by atoms with Gasteiger partial charge in [0, 0.05) is 12.2 Å². The van der Waals surface area contributed by atoms with Gasteiger partial charge in [0.1, 0.15) is 15.6 Å². The van der Waals surface area contributed by atoms with Crippen LogP contribution in [0.3, 0.4) is 0 Å². The Morgan fingerprint density at radius 2 is 2.17 bits per heavy atom. The van der Waals surface area contributed by atoms with Gasteiger partial charge in [-0.15, -0.1) is 0 Å². The minimum absolute atomic E-state index is 0.0215. The van der Waals surface area contributed by atoms with Crippen LogP contribution in [0.25, 0.3) is 0 Å². The molecule has 1 aromatic carbocycles. The van der Waals surface area contributed by atoms with Crippen molar-refractivity contribution in [3.63, 3.8) is 0 Å². The smallest absolute Gasteiger partial charge is 0.147 e. The molecule has 0 amide bonds. The standard InChI is InChI=1S/C13H18O4S/c1-18(15,16)9-7-12(14)10-6-8-17-13-5-3-2-4-11(10)13/h2-5,10,12,14H,6-9H2,1H3. The van der Waals surface area contributed by atoms with Crippen LogP contribution < -0.4 is 4.74 Å². The molecule has 4 nitrogen and oxygen atoms in total. The van der Waals surface area contributed by atoms with Crippen molar-refractivity contribution in [3.05, 3.63) is 29.8 Å². The lowest BCUT2D eigenvalue weighted by atomic mass is 9.87. The Balaban J connectivity index is 2.10. The Kier molecular flexibility index (Phi) is 3.92. The van der Waals surface area contributed by atoms with Crippen molar-refractivity contribution >= 4 is 9.84 Å². The van der Waals surface area contributed by atoms with Gasteiger partial charge in [0.05, 0.1) is 18.5 Å². The third kappa shape index (κ3) is 3.23. The first kappa shape index (κ1) is 13.4. The van der Waals surface area contributed by atoms with Crippen LogP contribution in [0.15, 0.2) is 24.3 Å². The number of hydrogen-bond donors (Lipinski definition) is 1. The zero-order chi connectivity index (χ0) is 13.2. The van der Waals surface area contributed by atoms with E-state index in [0.717, 1.165) is 17.7 Å². The minimum atomic E-state index is -3.03. The second kappa shape index (κ2) is 5.28. The SMILES string of the molecule is CS(=O)(=O)CCC(O)C1CCOc2ccccc21. The van der Waals surface area contributed by atoms with E-state index in [2.05, 4.69) is 0 Å². The molecule has 1 aliphatic heterocycles. The van der Waals surface area contributed by atoms with Crippen LogP contribution in [-0.2, 0) is 9.84 Å². The average molecular weight is 270 g/mol. The van der Waals surface area contributed by atoms with Gasteiger partial charge in [0.25, 0.3) is 0 Å². The molecule has 0 spiro atoms. The number of rotatable bonds is 4. The van der Waals surface area contributed by atoms with E-state index in [1.807, 2.05) is 24.3 Å². The molecule has 1 heterocycles. The third-order valence-corrected chi connectivity index (χ3v) is 4.23. The van der Waals surface area contributed by atoms with Crippen molar-refractivity contribution in [2.24, 2.45) is 0 Å². The number of aliphatic hydroxyl groups excluding tert-OH is 1. The summed E-state index contributed by atoms with van der Waals surface area (Å²) in [4.78, 5) is 0. The molecule has 2 unspecified atom stereocenters. The van der Waals surface area contributed by atoms with E-state index >= 15 is 0 Å². The van der Waals surface area contributed by atoms with Crippen molar-refractivity contribution in [3.8, 4) is 5.75 Å². The molecule has 0 saturated heterocycles. The Morgan fingerprint density at radius 3 is 2.89 bits per heavy atom. The molecule has 5 heteroatoms. The maximum Gasteiger partial charge on any atom is 0.147 e. The Labute approximate surface area is 108 Å². The van der Waals surface area contributed by atoms with Gasteiger partial charge >= 0.3 is 0 Å². The minimum Gasteiger partial charge on any atom is -0.493 e. The normalized spacial score (nSPS) is 20.9. The predicted molar refractivity (Wildman–Crippen MR) is 69.6 cm³/mol. The summed E-state index contributed by atoms with van der Waals surface area (Å²) < 4.78 is 27.8. The number of hydrogen-bond acceptors (Lipinski definition) is 4. The van der Waals surface area contributed by atoms with E-state index in [4.69, 9.17) is 4.74 Å². The van der Waals surface area contributed by atoms with Crippen LogP contribution in [0.5, 0.6) is 5.75 Å². The van der Waals surface area contributed by atoms with Crippen LogP contribution in [0, 0.1) is 0 Å². The lowest BCUT2D eigenvalue weighted by molar-refractivity contribution is 0.113. The summed E-state index contributed by atoms with van der Waals surface area (Å²) in [6, 6.07) is 7.61. The van der Waals surface area contributed by atoms with Crippen LogP contribution in [0.4, 0.5) is 0 Å². The summed E-state index contributed by atoms with van der Waals surface area (Å²) in [6.07, 6.45) is 1.56. The van der Waals surface area contributed by atoms with Crippen molar-refractivity contribution in [2.45, 2.75) is 24.9 Å². The number of ether oxygens (including phenoxy) is 1. The number of para-hydroxylation sites is 1. The van der Waals surface area contributed by atoms with Gasteiger partial charge in [0.15, 0.2) is 0 Å². The van der Waals surface area contributed by atoms with Crippen molar-refractivity contribution in [1.29, 1.82) is 0 Å². The summed E-state index contributed by atoms with van der Waals surface area (Å²) in [6.45, 7) is 0.567. The van der Waals surface area contributed by atoms with E-state index in [9.17, 15) is 13.5 Å². The molecule has 2 atom stereocenters. The number of sulfone groups is 1. The molecule has 0 aromatic heterocycles.